The van der Waals surface area contributed by atoms with Crippen LogP contribution in [0, 0.1) is 5.41 Å². The van der Waals surface area contributed by atoms with Crippen LogP contribution in [-0.2, 0) is 14.3 Å². The number of hydrogen-bond acceptors (Lipinski definition) is 7. The van der Waals surface area contributed by atoms with Crippen molar-refractivity contribution in [3.8, 4) is 17.0 Å². The van der Waals surface area contributed by atoms with Gasteiger partial charge in [0.25, 0.3) is 0 Å². The van der Waals surface area contributed by atoms with Crippen LogP contribution < -0.4 is 10.1 Å². The van der Waals surface area contributed by atoms with Crippen LogP contribution >= 0.6 is 11.3 Å². The topological polar surface area (TPSA) is 105 Å². The number of morpholine rings is 1. The Morgan fingerprint density at radius 1 is 1.14 bits per heavy atom. The number of carbonyl (C=O) groups excluding carboxylic acids is 1. The lowest BCUT2D eigenvalue weighted by Crippen LogP contribution is -2.38. The number of thiazole rings is 1. The molecule has 2 N–H and O–H groups in total. The monoisotopic (exact) mass is 506 g/mol. The summed E-state index contributed by atoms with van der Waals surface area (Å²) >= 11 is 1.61. The number of aromatic nitrogens is 2. The van der Waals surface area contributed by atoms with Gasteiger partial charge in [-0.15, -0.1) is 0 Å². The van der Waals surface area contributed by atoms with Gasteiger partial charge in [-0.05, 0) is 43.2 Å². The summed E-state index contributed by atoms with van der Waals surface area (Å²) in [4.78, 5) is 31.7. The summed E-state index contributed by atoms with van der Waals surface area (Å²) in [7, 11) is 0. The first kappa shape index (κ1) is 23.0. The molecule has 1 amide bonds. The van der Waals surface area contributed by atoms with Crippen molar-refractivity contribution in [1.82, 2.24) is 14.3 Å². The Bertz CT molecular complexity index is 1430. The summed E-state index contributed by atoms with van der Waals surface area (Å²) in [6, 6.07) is 13.4. The average molecular weight is 507 g/mol. The van der Waals surface area contributed by atoms with Crippen molar-refractivity contribution in [2.24, 2.45) is 5.41 Å². The molecule has 186 valence electrons. The fraction of sp³-hybridized carbons (Fsp3) is 0.346. The van der Waals surface area contributed by atoms with Gasteiger partial charge in [-0.3, -0.25) is 18.9 Å². The Hall–Kier alpha value is -3.47. The van der Waals surface area contributed by atoms with Crippen molar-refractivity contribution in [2.75, 3.05) is 44.8 Å². The summed E-state index contributed by atoms with van der Waals surface area (Å²) < 4.78 is 14.6. The van der Waals surface area contributed by atoms with E-state index in [1.165, 1.54) is 0 Å². The van der Waals surface area contributed by atoms with Crippen LogP contribution in [0.15, 0.2) is 48.7 Å². The molecule has 3 heterocycles. The Labute approximate surface area is 211 Å². The number of ether oxygens (including phenoxy) is 2. The van der Waals surface area contributed by atoms with Gasteiger partial charge in [0.1, 0.15) is 17.8 Å². The van der Waals surface area contributed by atoms with E-state index in [1.54, 1.807) is 23.5 Å². The standard InChI is InChI=1S/C26H26N4O5S/c31-23(26(7-8-26)24(32)33)27-18-3-1-17(2-4-18)20-16-30-21-6-5-19(15-22(21)36-25(30)28-20)35-14-11-29-9-12-34-13-10-29/h1-6,15-16H,7-14H2,(H,27,31)(H,32,33). The summed E-state index contributed by atoms with van der Waals surface area (Å²) in [5.41, 5.74) is 2.13. The minimum Gasteiger partial charge on any atom is -0.492 e. The number of benzene rings is 2. The number of carboxylic acids is 1. The summed E-state index contributed by atoms with van der Waals surface area (Å²) in [5.74, 6) is -0.663. The van der Waals surface area contributed by atoms with E-state index in [0.29, 0.717) is 25.1 Å². The number of fused-ring (bicyclic) bond motifs is 3. The van der Waals surface area contributed by atoms with Crippen LogP contribution in [0.3, 0.4) is 0 Å². The van der Waals surface area contributed by atoms with E-state index in [0.717, 1.165) is 65.0 Å². The lowest BCUT2D eigenvalue weighted by molar-refractivity contribution is -0.147. The smallest absolute Gasteiger partial charge is 0.319 e. The van der Waals surface area contributed by atoms with Gasteiger partial charge in [0.15, 0.2) is 4.96 Å². The van der Waals surface area contributed by atoms with Crippen LogP contribution in [0.1, 0.15) is 12.8 Å². The minimum atomic E-state index is -1.26. The van der Waals surface area contributed by atoms with Crippen molar-refractivity contribution in [3.63, 3.8) is 0 Å². The zero-order valence-electron chi connectivity index (χ0n) is 19.6. The van der Waals surface area contributed by atoms with E-state index in [-0.39, 0.29) is 0 Å². The molecule has 2 aromatic heterocycles. The van der Waals surface area contributed by atoms with E-state index in [2.05, 4.69) is 26.8 Å². The number of hydrogen-bond donors (Lipinski definition) is 2. The first-order valence-electron chi connectivity index (χ1n) is 12.0. The van der Waals surface area contributed by atoms with Crippen LogP contribution in [0.25, 0.3) is 26.4 Å². The maximum Gasteiger partial charge on any atom is 0.319 e. The van der Waals surface area contributed by atoms with E-state index in [1.807, 2.05) is 24.4 Å². The molecule has 36 heavy (non-hydrogen) atoms. The van der Waals surface area contributed by atoms with Crippen molar-refractivity contribution in [1.29, 1.82) is 0 Å². The number of carbonyl (C=O) groups is 2. The van der Waals surface area contributed by atoms with Gasteiger partial charge in [-0.2, -0.15) is 0 Å². The molecule has 1 saturated heterocycles. The van der Waals surface area contributed by atoms with Gasteiger partial charge in [0.2, 0.25) is 5.91 Å². The molecule has 2 aliphatic rings. The molecule has 0 unspecified atom stereocenters. The second kappa shape index (κ2) is 9.20. The van der Waals surface area contributed by atoms with Crippen molar-refractivity contribution >= 4 is 44.1 Å². The number of anilines is 1. The molecule has 10 heteroatoms. The third-order valence-electron chi connectivity index (χ3n) is 6.88. The zero-order chi connectivity index (χ0) is 24.7. The summed E-state index contributed by atoms with van der Waals surface area (Å²) in [6.07, 6.45) is 2.77. The molecule has 2 fully saturated rings. The number of aliphatic carboxylic acids is 1. The highest BCUT2D eigenvalue weighted by Gasteiger charge is 2.57. The number of imidazole rings is 1. The Balaban J connectivity index is 1.13. The van der Waals surface area contributed by atoms with Crippen LogP contribution in [0.2, 0.25) is 0 Å². The molecule has 0 bridgehead atoms. The molecule has 1 aliphatic carbocycles. The third-order valence-corrected chi connectivity index (χ3v) is 7.90. The van der Waals surface area contributed by atoms with Gasteiger partial charge < -0.3 is 19.9 Å². The molecular formula is C26H26N4O5S. The third kappa shape index (κ3) is 4.32. The predicted molar refractivity (Wildman–Crippen MR) is 137 cm³/mol. The van der Waals surface area contributed by atoms with Gasteiger partial charge in [-0.25, -0.2) is 4.98 Å². The van der Waals surface area contributed by atoms with Crippen molar-refractivity contribution in [3.05, 3.63) is 48.7 Å². The van der Waals surface area contributed by atoms with E-state index in [9.17, 15) is 14.7 Å². The SMILES string of the molecule is O=C(O)C1(C(=O)Nc2ccc(-c3cn4c(n3)sc3cc(OCCN5CCOCC5)ccc34)cc2)CC1. The molecule has 1 saturated carbocycles. The fourth-order valence-corrected chi connectivity index (χ4v) is 5.50. The van der Waals surface area contributed by atoms with E-state index < -0.39 is 17.3 Å². The van der Waals surface area contributed by atoms with Gasteiger partial charge in [-0.1, -0.05) is 23.5 Å². The number of nitrogens with one attached hydrogen (secondary N) is 1. The lowest BCUT2D eigenvalue weighted by Gasteiger charge is -2.26. The second-order valence-electron chi connectivity index (χ2n) is 9.23. The lowest BCUT2D eigenvalue weighted by atomic mass is 10.1. The average Bonchev–Trinajstić information content (AvgIpc) is 3.51. The first-order valence-corrected chi connectivity index (χ1v) is 12.8. The highest BCUT2D eigenvalue weighted by atomic mass is 32.1. The molecule has 4 aromatic rings. The number of nitrogens with zero attached hydrogens (tertiary/aromatic N) is 3. The molecular weight excluding hydrogens is 480 g/mol. The zero-order valence-corrected chi connectivity index (χ0v) is 20.4. The first-order chi connectivity index (χ1) is 17.5. The quantitative estimate of drug-likeness (QED) is 0.351. The maximum absolute atomic E-state index is 12.3. The van der Waals surface area contributed by atoms with E-state index >= 15 is 0 Å². The van der Waals surface area contributed by atoms with Crippen molar-refractivity contribution in [2.45, 2.75) is 12.8 Å². The minimum absolute atomic E-state index is 0.383. The maximum atomic E-state index is 12.3. The Morgan fingerprint density at radius 2 is 1.92 bits per heavy atom. The van der Waals surface area contributed by atoms with Gasteiger partial charge >= 0.3 is 5.97 Å². The fourth-order valence-electron chi connectivity index (χ4n) is 4.47. The molecule has 6 rings (SSSR count). The molecule has 0 atom stereocenters. The summed E-state index contributed by atoms with van der Waals surface area (Å²) in [6.45, 7) is 5.02. The molecule has 0 radical (unpaired) electrons. The van der Waals surface area contributed by atoms with Crippen LogP contribution in [0.4, 0.5) is 5.69 Å². The Kier molecular flexibility index (Phi) is 5.87. The van der Waals surface area contributed by atoms with Crippen LogP contribution in [-0.4, -0.2) is 70.7 Å². The molecule has 9 nitrogen and oxygen atoms in total. The normalized spacial score (nSPS) is 17.3. The van der Waals surface area contributed by atoms with Crippen molar-refractivity contribution < 1.29 is 24.2 Å². The number of amides is 1. The van der Waals surface area contributed by atoms with Gasteiger partial charge in [0, 0.05) is 37.1 Å². The van der Waals surface area contributed by atoms with Gasteiger partial charge in [0.05, 0.1) is 29.1 Å². The largest absolute Gasteiger partial charge is 0.492 e. The molecule has 1 aliphatic heterocycles. The highest BCUT2D eigenvalue weighted by molar-refractivity contribution is 7.23. The summed E-state index contributed by atoms with van der Waals surface area (Å²) in [5, 5.41) is 12.0. The second-order valence-corrected chi connectivity index (χ2v) is 10.2. The number of rotatable bonds is 8. The van der Waals surface area contributed by atoms with Crippen LogP contribution in [0.5, 0.6) is 5.75 Å². The highest BCUT2D eigenvalue weighted by Crippen LogP contribution is 2.46. The molecule has 2 aromatic carbocycles. The number of carboxylic acid groups (broad SMARTS) is 1. The molecule has 0 spiro atoms. The predicted octanol–water partition coefficient (Wildman–Crippen LogP) is 3.73. The Morgan fingerprint density at radius 3 is 2.64 bits per heavy atom. The van der Waals surface area contributed by atoms with E-state index in [4.69, 9.17) is 14.5 Å².